The molecule has 136 valence electrons. The predicted octanol–water partition coefficient (Wildman–Crippen LogP) is 5.21. The van der Waals surface area contributed by atoms with Gasteiger partial charge in [-0.3, -0.25) is 4.79 Å². The molecule has 3 aromatic carbocycles. The van der Waals surface area contributed by atoms with E-state index in [-0.39, 0.29) is 12.4 Å². The second kappa shape index (κ2) is 8.71. The number of carbonyl (C=O) groups is 2. The molecular formula is C21H14Cl2O4. The zero-order chi connectivity index (χ0) is 19.2. The number of rotatable bonds is 6. The third-order valence-corrected chi connectivity index (χ3v) is 4.15. The fourth-order valence-electron chi connectivity index (χ4n) is 2.32. The van der Waals surface area contributed by atoms with Crippen LogP contribution in [0.1, 0.15) is 15.9 Å². The van der Waals surface area contributed by atoms with Crippen LogP contribution in [0.4, 0.5) is 0 Å². The highest BCUT2D eigenvalue weighted by Crippen LogP contribution is 2.27. The molecule has 3 rings (SSSR count). The van der Waals surface area contributed by atoms with Gasteiger partial charge in [0.2, 0.25) is 0 Å². The van der Waals surface area contributed by atoms with Crippen LogP contribution in [0.15, 0.2) is 72.8 Å². The van der Waals surface area contributed by atoms with Crippen molar-refractivity contribution in [2.24, 2.45) is 0 Å². The van der Waals surface area contributed by atoms with Crippen molar-refractivity contribution >= 4 is 35.0 Å². The molecule has 0 bridgehead atoms. The summed E-state index contributed by atoms with van der Waals surface area (Å²) in [5, 5.41) is 0.777. The first-order valence-corrected chi connectivity index (χ1v) is 8.77. The van der Waals surface area contributed by atoms with Gasteiger partial charge in [-0.2, -0.15) is 0 Å². The van der Waals surface area contributed by atoms with Gasteiger partial charge in [0.1, 0.15) is 11.5 Å². The average molecular weight is 401 g/mol. The van der Waals surface area contributed by atoms with Crippen LogP contribution < -0.4 is 9.47 Å². The lowest BCUT2D eigenvalue weighted by Crippen LogP contribution is -2.17. The molecule has 0 aliphatic carbocycles. The molecule has 3 aromatic rings. The molecule has 0 radical (unpaired) electrons. The first-order valence-electron chi connectivity index (χ1n) is 8.01. The summed E-state index contributed by atoms with van der Waals surface area (Å²) < 4.78 is 10.5. The highest BCUT2D eigenvalue weighted by Gasteiger charge is 2.11. The number of ketones is 1. The predicted molar refractivity (Wildman–Crippen MR) is 104 cm³/mol. The minimum absolute atomic E-state index is 0.103. The Morgan fingerprint density at radius 2 is 1.48 bits per heavy atom. The molecule has 0 unspecified atom stereocenters. The molecule has 0 spiro atoms. The van der Waals surface area contributed by atoms with Crippen LogP contribution in [0, 0.1) is 0 Å². The minimum atomic E-state index is -0.594. The lowest BCUT2D eigenvalue weighted by atomic mass is 10.0. The summed E-state index contributed by atoms with van der Waals surface area (Å²) in [5.41, 5.74) is 1.10. The summed E-state index contributed by atoms with van der Waals surface area (Å²) >= 11 is 11.8. The number of benzene rings is 3. The molecule has 0 saturated heterocycles. The van der Waals surface area contributed by atoms with Crippen LogP contribution >= 0.6 is 23.2 Å². The van der Waals surface area contributed by atoms with Gasteiger partial charge in [0, 0.05) is 16.1 Å². The number of halogens is 2. The third-order valence-electron chi connectivity index (χ3n) is 3.62. The maximum absolute atomic E-state index is 12.3. The molecule has 4 nitrogen and oxygen atoms in total. The molecule has 0 atom stereocenters. The van der Waals surface area contributed by atoms with Gasteiger partial charge in [-0.15, -0.1) is 0 Å². The SMILES string of the molecule is O=C(COc1ccc(Cl)cc1Cl)Oc1ccc(C(=O)c2ccccc2)cc1. The maximum atomic E-state index is 12.3. The summed E-state index contributed by atoms with van der Waals surface area (Å²) in [6.07, 6.45) is 0. The molecule has 0 saturated carbocycles. The Hall–Kier alpha value is -2.82. The van der Waals surface area contributed by atoms with E-state index in [0.29, 0.717) is 32.7 Å². The van der Waals surface area contributed by atoms with Gasteiger partial charge in [0.05, 0.1) is 5.02 Å². The third kappa shape index (κ3) is 5.09. The average Bonchev–Trinajstić information content (AvgIpc) is 2.68. The van der Waals surface area contributed by atoms with E-state index in [1.807, 2.05) is 6.07 Å². The molecule has 0 aliphatic rings. The second-order valence-corrected chi connectivity index (χ2v) is 6.40. The van der Waals surface area contributed by atoms with E-state index in [1.54, 1.807) is 60.7 Å². The summed E-state index contributed by atoms with van der Waals surface area (Å²) in [5.74, 6) is -0.0467. The lowest BCUT2D eigenvalue weighted by molar-refractivity contribution is -0.136. The van der Waals surface area contributed by atoms with Gasteiger partial charge in [-0.05, 0) is 42.5 Å². The molecule has 6 heteroatoms. The van der Waals surface area contributed by atoms with E-state index in [0.717, 1.165) is 0 Å². The summed E-state index contributed by atoms with van der Waals surface area (Å²) in [6.45, 7) is -0.313. The number of ether oxygens (including phenoxy) is 2. The smallest absolute Gasteiger partial charge is 0.349 e. The summed E-state index contributed by atoms with van der Waals surface area (Å²) in [7, 11) is 0. The van der Waals surface area contributed by atoms with Crippen molar-refractivity contribution in [1.82, 2.24) is 0 Å². The zero-order valence-electron chi connectivity index (χ0n) is 14.0. The fourth-order valence-corrected chi connectivity index (χ4v) is 2.78. The Morgan fingerprint density at radius 3 is 2.15 bits per heavy atom. The van der Waals surface area contributed by atoms with Crippen LogP contribution in [0.5, 0.6) is 11.5 Å². The molecular weight excluding hydrogens is 387 g/mol. The number of hydrogen-bond acceptors (Lipinski definition) is 4. The number of esters is 1. The van der Waals surface area contributed by atoms with Gasteiger partial charge in [0.25, 0.3) is 0 Å². The van der Waals surface area contributed by atoms with Crippen molar-refractivity contribution < 1.29 is 19.1 Å². The molecule has 0 aliphatic heterocycles. The number of carbonyl (C=O) groups excluding carboxylic acids is 2. The molecule has 0 amide bonds. The van der Waals surface area contributed by atoms with Crippen LogP contribution in [-0.4, -0.2) is 18.4 Å². The molecule has 0 heterocycles. The van der Waals surface area contributed by atoms with Crippen LogP contribution in [0.3, 0.4) is 0 Å². The van der Waals surface area contributed by atoms with Crippen LogP contribution in [0.2, 0.25) is 10.0 Å². The van der Waals surface area contributed by atoms with E-state index in [9.17, 15) is 9.59 Å². The van der Waals surface area contributed by atoms with E-state index >= 15 is 0 Å². The maximum Gasteiger partial charge on any atom is 0.349 e. The standard InChI is InChI=1S/C21H14Cl2O4/c22-16-8-11-19(18(23)12-16)26-13-20(24)27-17-9-6-15(7-10-17)21(25)14-4-2-1-3-5-14/h1-12H,13H2. The van der Waals surface area contributed by atoms with E-state index in [2.05, 4.69) is 0 Å². The van der Waals surface area contributed by atoms with Gasteiger partial charge in [0.15, 0.2) is 12.4 Å². The topological polar surface area (TPSA) is 52.6 Å². The molecule has 0 N–H and O–H groups in total. The van der Waals surface area contributed by atoms with Crippen molar-refractivity contribution in [3.63, 3.8) is 0 Å². The summed E-state index contributed by atoms with van der Waals surface area (Å²) in [4.78, 5) is 24.3. The van der Waals surface area contributed by atoms with Gasteiger partial charge < -0.3 is 9.47 Å². The lowest BCUT2D eigenvalue weighted by Gasteiger charge is -2.09. The first-order chi connectivity index (χ1) is 13.0. The Balaban J connectivity index is 1.57. The van der Waals surface area contributed by atoms with Crippen LogP contribution in [-0.2, 0) is 4.79 Å². The fraction of sp³-hybridized carbons (Fsp3) is 0.0476. The molecule has 27 heavy (non-hydrogen) atoms. The van der Waals surface area contributed by atoms with Gasteiger partial charge >= 0.3 is 5.97 Å². The Bertz CT molecular complexity index is 954. The first kappa shape index (κ1) is 19.0. The normalized spacial score (nSPS) is 10.3. The van der Waals surface area contributed by atoms with Crippen LogP contribution in [0.25, 0.3) is 0 Å². The minimum Gasteiger partial charge on any atom is -0.480 e. The van der Waals surface area contributed by atoms with Crippen molar-refractivity contribution in [2.75, 3.05) is 6.61 Å². The Labute approximate surface area is 166 Å². The largest absolute Gasteiger partial charge is 0.480 e. The highest BCUT2D eigenvalue weighted by molar-refractivity contribution is 6.35. The molecule has 0 aromatic heterocycles. The van der Waals surface area contributed by atoms with Crippen molar-refractivity contribution in [3.05, 3.63) is 94.0 Å². The monoisotopic (exact) mass is 400 g/mol. The zero-order valence-corrected chi connectivity index (χ0v) is 15.5. The number of hydrogen-bond donors (Lipinski definition) is 0. The summed E-state index contributed by atoms with van der Waals surface area (Å²) in [6, 6.07) is 20.0. The van der Waals surface area contributed by atoms with E-state index in [1.165, 1.54) is 6.07 Å². The van der Waals surface area contributed by atoms with E-state index < -0.39 is 5.97 Å². The quantitative estimate of drug-likeness (QED) is 0.323. The Morgan fingerprint density at radius 1 is 0.815 bits per heavy atom. The van der Waals surface area contributed by atoms with Gasteiger partial charge in [-0.25, -0.2) is 4.79 Å². The van der Waals surface area contributed by atoms with Crippen molar-refractivity contribution in [2.45, 2.75) is 0 Å². The van der Waals surface area contributed by atoms with Gasteiger partial charge in [-0.1, -0.05) is 53.5 Å². The van der Waals surface area contributed by atoms with Crippen molar-refractivity contribution in [1.29, 1.82) is 0 Å². The van der Waals surface area contributed by atoms with Crippen molar-refractivity contribution in [3.8, 4) is 11.5 Å². The second-order valence-electron chi connectivity index (χ2n) is 5.56. The Kier molecular flexibility index (Phi) is 6.12. The highest BCUT2D eigenvalue weighted by atomic mass is 35.5. The van der Waals surface area contributed by atoms with E-state index in [4.69, 9.17) is 32.7 Å². The molecule has 0 fully saturated rings.